The number of amides is 1. The lowest BCUT2D eigenvalue weighted by Gasteiger charge is -2.16. The van der Waals surface area contributed by atoms with Crippen molar-refractivity contribution >= 4 is 29.3 Å². The molecule has 1 N–H and O–H groups in total. The number of hydrogen-bond acceptors (Lipinski definition) is 5. The molecule has 1 heterocycles. The molecule has 1 aromatic heterocycles. The Kier molecular flexibility index (Phi) is 7.76. The quantitative estimate of drug-likeness (QED) is 0.480. The SMILES string of the molecule is CCn1c(SCC(=O)NCc2ccc(Cl)cc2)nnc1C(C)Oc1cccc(C)c1. The van der Waals surface area contributed by atoms with Crippen LogP contribution in [-0.2, 0) is 17.9 Å². The number of halogens is 1. The fourth-order valence-corrected chi connectivity index (χ4v) is 3.90. The lowest BCUT2D eigenvalue weighted by molar-refractivity contribution is -0.118. The van der Waals surface area contributed by atoms with Crippen molar-refractivity contribution in [1.82, 2.24) is 20.1 Å². The highest BCUT2D eigenvalue weighted by atomic mass is 35.5. The van der Waals surface area contributed by atoms with Gasteiger partial charge in [-0.15, -0.1) is 10.2 Å². The summed E-state index contributed by atoms with van der Waals surface area (Å²) >= 11 is 7.25. The van der Waals surface area contributed by atoms with Crippen molar-refractivity contribution in [2.75, 3.05) is 5.75 Å². The van der Waals surface area contributed by atoms with Crippen molar-refractivity contribution in [3.8, 4) is 5.75 Å². The monoisotopic (exact) mass is 444 g/mol. The third-order valence-corrected chi connectivity index (χ3v) is 5.68. The first-order valence-electron chi connectivity index (χ1n) is 9.76. The maximum absolute atomic E-state index is 12.2. The summed E-state index contributed by atoms with van der Waals surface area (Å²) in [6.07, 6.45) is -0.257. The summed E-state index contributed by atoms with van der Waals surface area (Å²) in [7, 11) is 0. The number of benzene rings is 2. The summed E-state index contributed by atoms with van der Waals surface area (Å²) < 4.78 is 8.02. The second kappa shape index (κ2) is 10.5. The van der Waals surface area contributed by atoms with Crippen molar-refractivity contribution in [1.29, 1.82) is 0 Å². The van der Waals surface area contributed by atoms with Gasteiger partial charge in [0.05, 0.1) is 5.75 Å². The molecule has 0 aliphatic rings. The first-order chi connectivity index (χ1) is 14.5. The van der Waals surface area contributed by atoms with Crippen LogP contribution in [0.4, 0.5) is 0 Å². The minimum absolute atomic E-state index is 0.0637. The first kappa shape index (κ1) is 22.2. The van der Waals surface area contributed by atoms with Crippen LogP contribution in [0.5, 0.6) is 5.75 Å². The first-order valence-corrected chi connectivity index (χ1v) is 11.1. The molecule has 1 unspecified atom stereocenters. The highest BCUT2D eigenvalue weighted by Crippen LogP contribution is 2.25. The van der Waals surface area contributed by atoms with E-state index in [1.54, 1.807) is 0 Å². The number of carbonyl (C=O) groups is 1. The Morgan fingerprint density at radius 2 is 2.00 bits per heavy atom. The average molecular weight is 445 g/mol. The van der Waals surface area contributed by atoms with Crippen LogP contribution < -0.4 is 10.1 Å². The van der Waals surface area contributed by atoms with Gasteiger partial charge < -0.3 is 14.6 Å². The van der Waals surface area contributed by atoms with E-state index in [0.29, 0.717) is 23.3 Å². The van der Waals surface area contributed by atoms with Gasteiger partial charge in [-0.05, 0) is 56.2 Å². The Morgan fingerprint density at radius 1 is 1.23 bits per heavy atom. The summed E-state index contributed by atoms with van der Waals surface area (Å²) in [5, 5.41) is 12.9. The molecule has 3 rings (SSSR count). The molecule has 1 atom stereocenters. The minimum atomic E-state index is -0.257. The summed E-state index contributed by atoms with van der Waals surface area (Å²) in [4.78, 5) is 12.2. The van der Waals surface area contributed by atoms with E-state index in [9.17, 15) is 4.79 Å². The second-order valence-electron chi connectivity index (χ2n) is 6.85. The van der Waals surface area contributed by atoms with Crippen molar-refractivity contribution < 1.29 is 9.53 Å². The standard InChI is InChI=1S/C22H25ClN4O2S/c1-4-27-21(16(3)29-19-7-5-6-15(2)12-19)25-26-22(27)30-14-20(28)24-13-17-8-10-18(23)11-9-17/h5-12,16H,4,13-14H2,1-3H3,(H,24,28). The molecule has 0 aliphatic carbocycles. The van der Waals surface area contributed by atoms with Crippen LogP contribution in [0.2, 0.25) is 5.02 Å². The predicted molar refractivity (Wildman–Crippen MR) is 120 cm³/mol. The number of hydrogen-bond donors (Lipinski definition) is 1. The van der Waals surface area contributed by atoms with Crippen LogP contribution in [-0.4, -0.2) is 26.4 Å². The van der Waals surface area contributed by atoms with Gasteiger partial charge in [0.1, 0.15) is 5.75 Å². The van der Waals surface area contributed by atoms with Crippen molar-refractivity contribution in [3.63, 3.8) is 0 Å². The van der Waals surface area contributed by atoms with Crippen molar-refractivity contribution in [2.45, 2.75) is 45.1 Å². The van der Waals surface area contributed by atoms with Gasteiger partial charge in [0.2, 0.25) is 5.91 Å². The second-order valence-corrected chi connectivity index (χ2v) is 8.23. The number of thioether (sulfide) groups is 1. The Bertz CT molecular complexity index is 991. The van der Waals surface area contributed by atoms with E-state index in [4.69, 9.17) is 16.3 Å². The fraction of sp³-hybridized carbons (Fsp3) is 0.318. The lowest BCUT2D eigenvalue weighted by Crippen LogP contribution is -2.24. The number of carbonyl (C=O) groups excluding carboxylic acids is 1. The Labute approximate surface area is 186 Å². The number of rotatable bonds is 9. The van der Waals surface area contributed by atoms with Gasteiger partial charge in [0, 0.05) is 18.1 Å². The molecule has 8 heteroatoms. The number of nitrogens with one attached hydrogen (secondary N) is 1. The molecule has 0 saturated heterocycles. The van der Waals surface area contributed by atoms with Gasteiger partial charge >= 0.3 is 0 Å². The van der Waals surface area contributed by atoms with E-state index < -0.39 is 0 Å². The predicted octanol–water partition coefficient (Wildman–Crippen LogP) is 4.81. The summed E-state index contributed by atoms with van der Waals surface area (Å²) in [6, 6.07) is 15.3. The van der Waals surface area contributed by atoms with E-state index in [1.165, 1.54) is 11.8 Å². The highest BCUT2D eigenvalue weighted by molar-refractivity contribution is 7.99. The zero-order valence-electron chi connectivity index (χ0n) is 17.3. The topological polar surface area (TPSA) is 69.0 Å². The molecule has 158 valence electrons. The van der Waals surface area contributed by atoms with E-state index in [2.05, 4.69) is 15.5 Å². The average Bonchev–Trinajstić information content (AvgIpc) is 3.15. The molecule has 6 nitrogen and oxygen atoms in total. The van der Waals surface area contributed by atoms with Crippen LogP contribution in [0.1, 0.15) is 36.9 Å². The number of nitrogens with zero attached hydrogens (tertiary/aromatic N) is 3. The van der Waals surface area contributed by atoms with Crippen molar-refractivity contribution in [3.05, 3.63) is 70.5 Å². The van der Waals surface area contributed by atoms with Crippen LogP contribution >= 0.6 is 23.4 Å². The molecule has 0 fully saturated rings. The summed E-state index contributed by atoms with van der Waals surface area (Å²) in [5.41, 5.74) is 2.14. The van der Waals surface area contributed by atoms with Gasteiger partial charge in [-0.25, -0.2) is 0 Å². The Morgan fingerprint density at radius 3 is 2.70 bits per heavy atom. The van der Waals surface area contributed by atoms with Crippen LogP contribution in [0.25, 0.3) is 0 Å². The molecular weight excluding hydrogens is 420 g/mol. The number of aryl methyl sites for hydroxylation is 1. The van der Waals surface area contributed by atoms with Gasteiger partial charge in [-0.1, -0.05) is 47.6 Å². The molecule has 0 saturated carbocycles. The normalized spacial score (nSPS) is 11.9. The molecular formula is C22H25ClN4O2S. The van der Waals surface area contributed by atoms with Gasteiger partial charge in [-0.3, -0.25) is 4.79 Å². The molecule has 3 aromatic rings. The third-order valence-electron chi connectivity index (χ3n) is 4.46. The fourth-order valence-electron chi connectivity index (χ4n) is 2.93. The van der Waals surface area contributed by atoms with E-state index >= 15 is 0 Å². The molecule has 0 spiro atoms. The molecule has 0 bridgehead atoms. The zero-order valence-corrected chi connectivity index (χ0v) is 18.8. The number of aromatic nitrogens is 3. The van der Waals surface area contributed by atoms with Gasteiger partial charge in [0.15, 0.2) is 17.1 Å². The molecule has 0 radical (unpaired) electrons. The van der Waals surface area contributed by atoms with Crippen molar-refractivity contribution in [2.24, 2.45) is 0 Å². The summed E-state index contributed by atoms with van der Waals surface area (Å²) in [5.74, 6) is 1.73. The maximum Gasteiger partial charge on any atom is 0.230 e. The zero-order chi connectivity index (χ0) is 21.5. The maximum atomic E-state index is 12.2. The molecule has 2 aromatic carbocycles. The van der Waals surface area contributed by atoms with Gasteiger partial charge in [-0.2, -0.15) is 0 Å². The summed E-state index contributed by atoms with van der Waals surface area (Å²) in [6.45, 7) is 7.16. The highest BCUT2D eigenvalue weighted by Gasteiger charge is 2.19. The van der Waals surface area contributed by atoms with Crippen LogP contribution in [0.15, 0.2) is 53.7 Å². The van der Waals surface area contributed by atoms with E-state index in [-0.39, 0.29) is 17.8 Å². The molecule has 0 aliphatic heterocycles. The molecule has 1 amide bonds. The minimum Gasteiger partial charge on any atom is -0.483 e. The van der Waals surface area contributed by atoms with Crippen LogP contribution in [0.3, 0.4) is 0 Å². The molecule has 30 heavy (non-hydrogen) atoms. The van der Waals surface area contributed by atoms with E-state index in [0.717, 1.165) is 22.7 Å². The van der Waals surface area contributed by atoms with Gasteiger partial charge in [0.25, 0.3) is 0 Å². The smallest absolute Gasteiger partial charge is 0.230 e. The van der Waals surface area contributed by atoms with E-state index in [1.807, 2.05) is 73.9 Å². The Balaban J connectivity index is 1.56. The third kappa shape index (κ3) is 6.00. The number of ether oxygens (including phenoxy) is 1. The van der Waals surface area contributed by atoms with Crippen LogP contribution in [0, 0.1) is 6.92 Å². The Hall–Kier alpha value is -2.51. The largest absolute Gasteiger partial charge is 0.483 e. The lowest BCUT2D eigenvalue weighted by atomic mass is 10.2.